The van der Waals surface area contributed by atoms with Crippen molar-refractivity contribution in [2.45, 2.75) is 29.9 Å². The molecule has 0 spiro atoms. The minimum Gasteiger partial charge on any atom is -0.495 e. The van der Waals surface area contributed by atoms with E-state index < -0.39 is 10.0 Å². The Morgan fingerprint density at radius 3 is 2.48 bits per heavy atom. The lowest BCUT2D eigenvalue weighted by Gasteiger charge is -2.25. The third-order valence-electron chi connectivity index (χ3n) is 4.63. The summed E-state index contributed by atoms with van der Waals surface area (Å²) in [6, 6.07) is 6.40. The summed E-state index contributed by atoms with van der Waals surface area (Å²) in [4.78, 5) is 13.2. The van der Waals surface area contributed by atoms with Crippen LogP contribution in [0.5, 0.6) is 11.5 Å². The van der Waals surface area contributed by atoms with Crippen LogP contribution in [-0.4, -0.2) is 45.9 Å². The molecule has 1 N–H and O–H groups in total. The van der Waals surface area contributed by atoms with E-state index in [4.69, 9.17) is 21.1 Å². The van der Waals surface area contributed by atoms with Gasteiger partial charge in [0.1, 0.15) is 15.7 Å². The number of hydrogen-bond acceptors (Lipinski definition) is 6. The topological polar surface area (TPSA) is 84.9 Å². The van der Waals surface area contributed by atoms with Gasteiger partial charge < -0.3 is 14.8 Å². The fourth-order valence-electron chi connectivity index (χ4n) is 3.14. The fourth-order valence-corrected chi connectivity index (χ4v) is 6.39. The zero-order valence-corrected chi connectivity index (χ0v) is 18.6. The highest BCUT2D eigenvalue weighted by Gasteiger charge is 2.27. The van der Waals surface area contributed by atoms with Crippen LogP contribution in [0.4, 0.5) is 5.69 Å². The van der Waals surface area contributed by atoms with Gasteiger partial charge in [-0.05, 0) is 25.0 Å². The van der Waals surface area contributed by atoms with E-state index in [0.29, 0.717) is 40.2 Å². The molecule has 0 atom stereocenters. The average Bonchev–Trinajstić information content (AvgIpc) is 3.18. The van der Waals surface area contributed by atoms with Crippen molar-refractivity contribution in [3.8, 4) is 11.5 Å². The number of hydrogen-bond donors (Lipinski definition) is 1. The molecule has 0 aliphatic carbocycles. The highest BCUT2D eigenvalue weighted by atomic mass is 35.5. The number of methoxy groups -OCH3 is 2. The van der Waals surface area contributed by atoms with Gasteiger partial charge in [0, 0.05) is 30.1 Å². The van der Waals surface area contributed by atoms with Crippen molar-refractivity contribution in [3.63, 3.8) is 0 Å². The number of halogens is 1. The van der Waals surface area contributed by atoms with Crippen molar-refractivity contribution in [2.75, 3.05) is 32.6 Å². The van der Waals surface area contributed by atoms with Gasteiger partial charge in [0.25, 0.3) is 10.0 Å². The summed E-state index contributed by atoms with van der Waals surface area (Å²) in [5, 5.41) is 3.14. The minimum atomic E-state index is -3.49. The van der Waals surface area contributed by atoms with Crippen LogP contribution in [-0.2, 0) is 21.2 Å². The number of benzene rings is 1. The predicted molar refractivity (Wildman–Crippen MR) is 114 cm³/mol. The lowest BCUT2D eigenvalue weighted by Crippen LogP contribution is -2.35. The normalized spacial score (nSPS) is 15.1. The van der Waals surface area contributed by atoms with Crippen molar-refractivity contribution >= 4 is 44.6 Å². The van der Waals surface area contributed by atoms with Crippen molar-refractivity contribution in [3.05, 3.63) is 34.2 Å². The van der Waals surface area contributed by atoms with Gasteiger partial charge in [-0.1, -0.05) is 18.0 Å². The Labute approximate surface area is 179 Å². The first-order chi connectivity index (χ1) is 13.8. The molecule has 1 aliphatic rings. The second-order valence-electron chi connectivity index (χ2n) is 6.60. The van der Waals surface area contributed by atoms with Gasteiger partial charge >= 0.3 is 0 Å². The Morgan fingerprint density at radius 2 is 1.83 bits per heavy atom. The second-order valence-corrected chi connectivity index (χ2v) is 10.3. The summed E-state index contributed by atoms with van der Waals surface area (Å²) in [6.07, 6.45) is 2.87. The van der Waals surface area contributed by atoms with Crippen LogP contribution in [0, 0.1) is 0 Å². The van der Waals surface area contributed by atoms with Crippen LogP contribution in [0.25, 0.3) is 0 Å². The molecule has 1 aromatic heterocycles. The average molecular weight is 459 g/mol. The predicted octanol–water partition coefficient (Wildman–Crippen LogP) is 3.77. The molecule has 1 fully saturated rings. The molecule has 0 radical (unpaired) electrons. The SMILES string of the molecule is COc1cc(NC(=O)Cc2ccc(S(=O)(=O)N3CCCCC3)s2)c(OC)cc1Cl. The lowest BCUT2D eigenvalue weighted by atomic mass is 10.2. The maximum absolute atomic E-state index is 12.8. The van der Waals surface area contributed by atoms with E-state index in [2.05, 4.69) is 5.32 Å². The molecule has 1 aromatic carbocycles. The van der Waals surface area contributed by atoms with Gasteiger partial charge in [-0.3, -0.25) is 4.79 Å². The summed E-state index contributed by atoms with van der Waals surface area (Å²) >= 11 is 7.20. The summed E-state index contributed by atoms with van der Waals surface area (Å²) in [7, 11) is -0.533. The number of thiophene rings is 1. The largest absolute Gasteiger partial charge is 0.495 e. The van der Waals surface area contributed by atoms with Gasteiger partial charge in [0.2, 0.25) is 5.91 Å². The van der Waals surface area contributed by atoms with Crippen LogP contribution in [0.15, 0.2) is 28.5 Å². The molecule has 0 saturated carbocycles. The highest BCUT2D eigenvalue weighted by Crippen LogP contribution is 2.36. The number of sulfonamides is 1. The molecular weight excluding hydrogens is 436 g/mol. The second kappa shape index (κ2) is 9.34. The van der Waals surface area contributed by atoms with E-state index in [1.165, 1.54) is 18.5 Å². The molecule has 158 valence electrons. The zero-order chi connectivity index (χ0) is 21.0. The molecule has 1 saturated heterocycles. The summed E-state index contributed by atoms with van der Waals surface area (Å²) < 4.78 is 37.7. The van der Waals surface area contributed by atoms with Crippen molar-refractivity contribution < 1.29 is 22.7 Å². The highest BCUT2D eigenvalue weighted by molar-refractivity contribution is 7.91. The van der Waals surface area contributed by atoms with Crippen LogP contribution in [0.1, 0.15) is 24.1 Å². The lowest BCUT2D eigenvalue weighted by molar-refractivity contribution is -0.115. The molecule has 7 nitrogen and oxygen atoms in total. The van der Waals surface area contributed by atoms with E-state index in [-0.39, 0.29) is 16.5 Å². The number of nitrogens with zero attached hydrogens (tertiary/aromatic N) is 1. The molecule has 0 unspecified atom stereocenters. The Morgan fingerprint density at radius 1 is 1.14 bits per heavy atom. The van der Waals surface area contributed by atoms with E-state index in [1.807, 2.05) is 0 Å². The van der Waals surface area contributed by atoms with Crippen LogP contribution in [0.2, 0.25) is 5.02 Å². The summed E-state index contributed by atoms with van der Waals surface area (Å²) in [6.45, 7) is 1.10. The number of carbonyl (C=O) groups excluding carboxylic acids is 1. The Hall–Kier alpha value is -1.81. The van der Waals surface area contributed by atoms with Crippen LogP contribution >= 0.6 is 22.9 Å². The number of rotatable bonds is 7. The molecular formula is C19H23ClN2O5S2. The van der Waals surface area contributed by atoms with E-state index >= 15 is 0 Å². The van der Waals surface area contributed by atoms with Crippen molar-refractivity contribution in [1.29, 1.82) is 0 Å². The first-order valence-electron chi connectivity index (χ1n) is 9.15. The first kappa shape index (κ1) is 21.9. The molecule has 2 heterocycles. The molecule has 29 heavy (non-hydrogen) atoms. The number of nitrogens with one attached hydrogen (secondary N) is 1. The number of piperidine rings is 1. The van der Waals surface area contributed by atoms with Crippen LogP contribution in [0.3, 0.4) is 0 Å². The summed E-state index contributed by atoms with van der Waals surface area (Å²) in [5.74, 6) is 0.522. The minimum absolute atomic E-state index is 0.0499. The third-order valence-corrected chi connectivity index (χ3v) is 8.38. The monoisotopic (exact) mass is 458 g/mol. The van der Waals surface area contributed by atoms with Gasteiger partial charge in [-0.2, -0.15) is 4.31 Å². The molecule has 2 aromatic rings. The van der Waals surface area contributed by atoms with Crippen molar-refractivity contribution in [1.82, 2.24) is 4.31 Å². The molecule has 1 amide bonds. The Balaban J connectivity index is 1.71. The standard InChI is InChI=1S/C19H23ClN2O5S2/c1-26-16-12-15(17(27-2)11-14(16)20)21-18(23)10-13-6-7-19(28-13)29(24,25)22-8-4-3-5-9-22/h6-7,11-12H,3-5,8-10H2,1-2H3,(H,21,23). The van der Waals surface area contributed by atoms with Crippen LogP contribution < -0.4 is 14.8 Å². The smallest absolute Gasteiger partial charge is 0.252 e. The molecule has 0 bridgehead atoms. The zero-order valence-electron chi connectivity index (χ0n) is 16.2. The maximum atomic E-state index is 12.8. The van der Waals surface area contributed by atoms with E-state index in [0.717, 1.165) is 30.6 Å². The summed E-state index contributed by atoms with van der Waals surface area (Å²) in [5.41, 5.74) is 0.427. The number of anilines is 1. The third kappa shape index (κ3) is 5.03. The van der Waals surface area contributed by atoms with Gasteiger partial charge in [-0.25, -0.2) is 8.42 Å². The molecule has 1 aliphatic heterocycles. The number of carbonyl (C=O) groups is 1. The quantitative estimate of drug-likeness (QED) is 0.682. The molecule has 3 rings (SSSR count). The van der Waals surface area contributed by atoms with E-state index in [1.54, 1.807) is 24.3 Å². The Kier molecular flexibility index (Phi) is 7.05. The fraction of sp³-hybridized carbons (Fsp3) is 0.421. The van der Waals surface area contributed by atoms with Gasteiger partial charge in [-0.15, -0.1) is 11.3 Å². The van der Waals surface area contributed by atoms with Crippen molar-refractivity contribution in [2.24, 2.45) is 0 Å². The van der Waals surface area contributed by atoms with Gasteiger partial charge in [0.05, 0.1) is 31.4 Å². The maximum Gasteiger partial charge on any atom is 0.252 e. The number of amides is 1. The Bertz CT molecular complexity index is 984. The molecule has 10 heteroatoms. The van der Waals surface area contributed by atoms with Gasteiger partial charge in [0.15, 0.2) is 0 Å². The first-order valence-corrected chi connectivity index (χ1v) is 11.8. The number of ether oxygens (including phenoxy) is 2. The van der Waals surface area contributed by atoms with E-state index in [9.17, 15) is 13.2 Å².